The second-order valence-corrected chi connectivity index (χ2v) is 4.64. The van der Waals surface area contributed by atoms with Gasteiger partial charge in [-0.25, -0.2) is 4.98 Å². The van der Waals surface area contributed by atoms with Gasteiger partial charge < -0.3 is 4.90 Å². The van der Waals surface area contributed by atoms with Crippen LogP contribution in [0.25, 0.3) is 0 Å². The molecular weight excluding hydrogens is 224 g/mol. The highest BCUT2D eigenvalue weighted by Crippen LogP contribution is 2.23. The zero-order chi connectivity index (χ0) is 11.5. The molecule has 1 aromatic rings. The molecule has 3 nitrogen and oxygen atoms in total. The maximum absolute atomic E-state index is 11.2. The summed E-state index contributed by atoms with van der Waals surface area (Å²) < 4.78 is 0. The van der Waals surface area contributed by atoms with Gasteiger partial charge in [0.2, 0.25) is 5.91 Å². The molecule has 1 fully saturated rings. The van der Waals surface area contributed by atoms with Crippen LogP contribution >= 0.6 is 11.6 Å². The van der Waals surface area contributed by atoms with Crippen molar-refractivity contribution in [2.24, 2.45) is 5.92 Å². The molecule has 0 saturated carbocycles. The third kappa shape index (κ3) is 2.53. The summed E-state index contributed by atoms with van der Waals surface area (Å²) in [5.41, 5.74) is 1.08. The molecule has 2 heterocycles. The van der Waals surface area contributed by atoms with Crippen molar-refractivity contribution in [2.75, 3.05) is 13.1 Å². The van der Waals surface area contributed by atoms with Crippen LogP contribution in [0.3, 0.4) is 0 Å². The summed E-state index contributed by atoms with van der Waals surface area (Å²) in [4.78, 5) is 17.2. The van der Waals surface area contributed by atoms with Crippen molar-refractivity contribution in [3.8, 4) is 0 Å². The second kappa shape index (κ2) is 4.83. The molecule has 1 saturated heterocycles. The van der Waals surface area contributed by atoms with E-state index in [1.807, 2.05) is 17.0 Å². The normalized spacial score (nSPS) is 20.1. The van der Waals surface area contributed by atoms with Crippen LogP contribution in [0.2, 0.25) is 5.15 Å². The molecule has 0 spiro atoms. The fourth-order valence-electron chi connectivity index (χ4n) is 2.17. The lowest BCUT2D eigenvalue weighted by molar-refractivity contribution is -0.127. The first-order chi connectivity index (χ1) is 7.66. The quantitative estimate of drug-likeness (QED) is 0.740. The van der Waals surface area contributed by atoms with E-state index in [-0.39, 0.29) is 5.91 Å². The Kier molecular flexibility index (Phi) is 3.44. The third-order valence-electron chi connectivity index (χ3n) is 3.08. The molecule has 1 amide bonds. The lowest BCUT2D eigenvalue weighted by Gasteiger charge is -2.14. The minimum absolute atomic E-state index is 0.166. The van der Waals surface area contributed by atoms with Gasteiger partial charge in [-0.2, -0.15) is 0 Å². The molecular formula is C12H15ClN2O. The Bertz CT molecular complexity index is 394. The maximum atomic E-state index is 11.2. The van der Waals surface area contributed by atoms with E-state index < -0.39 is 0 Å². The van der Waals surface area contributed by atoms with E-state index in [0.717, 1.165) is 31.5 Å². The van der Waals surface area contributed by atoms with Crippen molar-refractivity contribution in [1.82, 2.24) is 9.88 Å². The number of hydrogen-bond donors (Lipinski definition) is 0. The van der Waals surface area contributed by atoms with Crippen LogP contribution < -0.4 is 0 Å². The van der Waals surface area contributed by atoms with Gasteiger partial charge in [-0.1, -0.05) is 17.7 Å². The summed E-state index contributed by atoms with van der Waals surface area (Å²) in [5, 5.41) is 0.587. The van der Waals surface area contributed by atoms with Gasteiger partial charge >= 0.3 is 0 Å². The number of nitrogens with zero attached hydrogens (tertiary/aromatic N) is 2. The molecule has 86 valence electrons. The van der Waals surface area contributed by atoms with Gasteiger partial charge in [-0.05, 0) is 30.4 Å². The number of aromatic nitrogens is 1. The van der Waals surface area contributed by atoms with Gasteiger partial charge in [0.25, 0.3) is 0 Å². The van der Waals surface area contributed by atoms with E-state index in [2.05, 4.69) is 4.98 Å². The number of rotatable bonds is 2. The average molecular weight is 239 g/mol. The van der Waals surface area contributed by atoms with E-state index in [9.17, 15) is 4.79 Å². The van der Waals surface area contributed by atoms with E-state index in [1.54, 1.807) is 13.1 Å². The Morgan fingerprint density at radius 1 is 1.69 bits per heavy atom. The molecule has 0 aliphatic carbocycles. The molecule has 16 heavy (non-hydrogen) atoms. The predicted octanol–water partition coefficient (Wildman–Crippen LogP) is 2.15. The van der Waals surface area contributed by atoms with Gasteiger partial charge in [-0.15, -0.1) is 0 Å². The van der Waals surface area contributed by atoms with Gasteiger partial charge in [-0.3, -0.25) is 4.79 Å². The third-order valence-corrected chi connectivity index (χ3v) is 3.42. The van der Waals surface area contributed by atoms with Gasteiger partial charge in [0.15, 0.2) is 0 Å². The Morgan fingerprint density at radius 2 is 2.50 bits per heavy atom. The van der Waals surface area contributed by atoms with E-state index in [4.69, 9.17) is 11.6 Å². The zero-order valence-electron chi connectivity index (χ0n) is 9.32. The fraction of sp³-hybridized carbons (Fsp3) is 0.500. The van der Waals surface area contributed by atoms with Crippen molar-refractivity contribution < 1.29 is 4.79 Å². The summed E-state index contributed by atoms with van der Waals surface area (Å²) in [7, 11) is 0. The Labute approximate surface area is 100 Å². The molecule has 2 rings (SSSR count). The molecule has 0 bridgehead atoms. The first-order valence-electron chi connectivity index (χ1n) is 5.51. The van der Waals surface area contributed by atoms with E-state index >= 15 is 0 Å². The van der Waals surface area contributed by atoms with Gasteiger partial charge in [0.1, 0.15) is 5.15 Å². The van der Waals surface area contributed by atoms with Crippen LogP contribution in [-0.2, 0) is 11.2 Å². The molecule has 0 aromatic carbocycles. The van der Waals surface area contributed by atoms with Crippen LogP contribution in [0.15, 0.2) is 18.3 Å². The number of halogens is 1. The second-order valence-electron chi connectivity index (χ2n) is 4.28. The van der Waals surface area contributed by atoms with Gasteiger partial charge in [0.05, 0.1) is 0 Å². The van der Waals surface area contributed by atoms with Crippen molar-refractivity contribution in [1.29, 1.82) is 0 Å². The molecule has 1 atom stereocenters. The number of pyridine rings is 1. The molecule has 0 radical (unpaired) electrons. The highest BCUT2D eigenvalue weighted by atomic mass is 35.5. The average Bonchev–Trinajstić information content (AvgIpc) is 2.70. The SMILES string of the molecule is CC(=O)N1CCC(Cc2cccnc2Cl)C1. The van der Waals surface area contributed by atoms with Crippen LogP contribution in [0.1, 0.15) is 18.9 Å². The number of amides is 1. The molecule has 1 aliphatic heterocycles. The smallest absolute Gasteiger partial charge is 0.219 e. The maximum Gasteiger partial charge on any atom is 0.219 e. The number of carbonyl (C=O) groups is 1. The van der Waals surface area contributed by atoms with Gasteiger partial charge in [0, 0.05) is 26.2 Å². The number of hydrogen-bond acceptors (Lipinski definition) is 2. The van der Waals surface area contributed by atoms with Crippen LogP contribution in [0.5, 0.6) is 0 Å². The summed E-state index contributed by atoms with van der Waals surface area (Å²) >= 11 is 6.01. The number of likely N-dealkylation sites (tertiary alicyclic amines) is 1. The zero-order valence-corrected chi connectivity index (χ0v) is 10.1. The van der Waals surface area contributed by atoms with Crippen molar-refractivity contribution in [2.45, 2.75) is 19.8 Å². The summed E-state index contributed by atoms with van der Waals surface area (Å²) in [6, 6.07) is 3.91. The summed E-state index contributed by atoms with van der Waals surface area (Å²) in [6.45, 7) is 3.35. The number of carbonyl (C=O) groups excluding carboxylic acids is 1. The Hall–Kier alpha value is -1.09. The molecule has 0 N–H and O–H groups in total. The van der Waals surface area contributed by atoms with Crippen LogP contribution in [0, 0.1) is 5.92 Å². The first-order valence-corrected chi connectivity index (χ1v) is 5.89. The Balaban J connectivity index is 1.97. The fourth-order valence-corrected chi connectivity index (χ4v) is 2.36. The minimum Gasteiger partial charge on any atom is -0.343 e. The predicted molar refractivity (Wildman–Crippen MR) is 63.3 cm³/mol. The highest BCUT2D eigenvalue weighted by Gasteiger charge is 2.24. The molecule has 1 unspecified atom stereocenters. The van der Waals surface area contributed by atoms with Crippen molar-refractivity contribution in [3.63, 3.8) is 0 Å². The topological polar surface area (TPSA) is 33.2 Å². The monoisotopic (exact) mass is 238 g/mol. The summed E-state index contributed by atoms with van der Waals surface area (Å²) in [6.07, 6.45) is 3.67. The minimum atomic E-state index is 0.166. The Morgan fingerprint density at radius 3 is 3.12 bits per heavy atom. The van der Waals surface area contributed by atoms with Crippen molar-refractivity contribution >= 4 is 17.5 Å². The van der Waals surface area contributed by atoms with E-state index in [0.29, 0.717) is 11.1 Å². The first kappa shape index (κ1) is 11.4. The van der Waals surface area contributed by atoms with Crippen LogP contribution in [-0.4, -0.2) is 28.9 Å². The molecule has 4 heteroatoms. The largest absolute Gasteiger partial charge is 0.343 e. The lowest BCUT2D eigenvalue weighted by atomic mass is 10.00. The highest BCUT2D eigenvalue weighted by molar-refractivity contribution is 6.30. The summed E-state index contributed by atoms with van der Waals surface area (Å²) in [5.74, 6) is 0.686. The lowest BCUT2D eigenvalue weighted by Crippen LogP contribution is -2.26. The van der Waals surface area contributed by atoms with Crippen LogP contribution in [0.4, 0.5) is 0 Å². The molecule has 1 aromatic heterocycles. The van der Waals surface area contributed by atoms with Crippen molar-refractivity contribution in [3.05, 3.63) is 29.0 Å². The molecule has 1 aliphatic rings. The standard InChI is InChI=1S/C12H15ClN2O/c1-9(16)15-6-4-10(8-15)7-11-3-2-5-14-12(11)13/h2-3,5,10H,4,6-8H2,1H3. The van der Waals surface area contributed by atoms with E-state index in [1.165, 1.54) is 0 Å².